The van der Waals surface area contributed by atoms with Gasteiger partial charge in [-0.3, -0.25) is 4.79 Å². The molecule has 1 unspecified atom stereocenters. The number of hydrogen-bond donors (Lipinski definition) is 3. The molecule has 5 heteroatoms. The molecule has 0 saturated carbocycles. The molecule has 0 aromatic heterocycles. The average molecular weight is 264 g/mol. The fourth-order valence-corrected chi connectivity index (χ4v) is 2.16. The molecule has 3 N–H and O–H groups in total. The van der Waals surface area contributed by atoms with Crippen LogP contribution in [0.2, 0.25) is 0 Å². The fraction of sp³-hybridized carbons (Fsp3) is 0.500. The van der Waals surface area contributed by atoms with Crippen molar-refractivity contribution in [3.63, 3.8) is 0 Å². The number of aliphatic hydroxyl groups is 1. The predicted molar refractivity (Wildman–Crippen MR) is 72.4 cm³/mol. The van der Waals surface area contributed by atoms with E-state index in [4.69, 9.17) is 4.74 Å². The number of hydrogen-bond acceptors (Lipinski definition) is 4. The second kappa shape index (κ2) is 6.04. The van der Waals surface area contributed by atoms with E-state index in [0.717, 1.165) is 6.54 Å². The van der Waals surface area contributed by atoms with Crippen molar-refractivity contribution in [1.82, 2.24) is 10.6 Å². The molecule has 1 aromatic carbocycles. The van der Waals surface area contributed by atoms with Crippen LogP contribution in [0.3, 0.4) is 0 Å². The summed E-state index contributed by atoms with van der Waals surface area (Å²) in [5.41, 5.74) is -0.338. The van der Waals surface area contributed by atoms with Gasteiger partial charge in [0.1, 0.15) is 5.75 Å². The standard InChI is InChI=1S/C14H20N2O3/c1-2-19-12-6-4-3-5-11(12)13(17)16-10-14(18)7-8-15-9-14/h3-6,15,18H,2,7-10H2,1H3,(H,16,17). The first-order valence-corrected chi connectivity index (χ1v) is 6.58. The molecule has 104 valence electrons. The lowest BCUT2D eigenvalue weighted by Crippen LogP contribution is -2.44. The van der Waals surface area contributed by atoms with Gasteiger partial charge in [-0.2, -0.15) is 0 Å². The zero-order valence-corrected chi connectivity index (χ0v) is 11.1. The number of amides is 1. The topological polar surface area (TPSA) is 70.6 Å². The molecule has 1 heterocycles. The first-order valence-electron chi connectivity index (χ1n) is 6.58. The summed E-state index contributed by atoms with van der Waals surface area (Å²) in [5.74, 6) is 0.350. The predicted octanol–water partition coefficient (Wildman–Crippen LogP) is 0.539. The lowest BCUT2D eigenvalue weighted by atomic mass is 10.0. The van der Waals surface area contributed by atoms with Gasteiger partial charge in [0.2, 0.25) is 0 Å². The molecule has 1 amide bonds. The van der Waals surface area contributed by atoms with E-state index in [-0.39, 0.29) is 12.5 Å². The fourth-order valence-electron chi connectivity index (χ4n) is 2.16. The zero-order valence-electron chi connectivity index (χ0n) is 11.1. The van der Waals surface area contributed by atoms with E-state index in [1.807, 2.05) is 13.0 Å². The van der Waals surface area contributed by atoms with Crippen LogP contribution in [0, 0.1) is 0 Å². The van der Waals surface area contributed by atoms with E-state index in [2.05, 4.69) is 10.6 Å². The van der Waals surface area contributed by atoms with Gasteiger partial charge in [-0.05, 0) is 32.0 Å². The summed E-state index contributed by atoms with van der Waals surface area (Å²) in [6, 6.07) is 7.11. The molecule has 1 aliphatic rings. The molecule has 1 aromatic rings. The van der Waals surface area contributed by atoms with Crippen molar-refractivity contribution in [2.45, 2.75) is 18.9 Å². The van der Waals surface area contributed by atoms with Crippen molar-refractivity contribution >= 4 is 5.91 Å². The van der Waals surface area contributed by atoms with Gasteiger partial charge in [-0.1, -0.05) is 12.1 Å². The number of β-amino-alcohol motifs (C(OH)–C–C–N with tert-alkyl or cyclic N) is 1. The van der Waals surface area contributed by atoms with E-state index in [9.17, 15) is 9.90 Å². The van der Waals surface area contributed by atoms with Crippen LogP contribution in [-0.2, 0) is 0 Å². The number of para-hydroxylation sites is 1. The largest absolute Gasteiger partial charge is 0.493 e. The maximum atomic E-state index is 12.1. The Bertz CT molecular complexity index is 442. The summed E-state index contributed by atoms with van der Waals surface area (Å²) in [5, 5.41) is 16.0. The zero-order chi connectivity index (χ0) is 13.7. The van der Waals surface area contributed by atoms with Gasteiger partial charge in [0.25, 0.3) is 5.91 Å². The Morgan fingerprint density at radius 1 is 1.53 bits per heavy atom. The quantitative estimate of drug-likeness (QED) is 0.726. The van der Waals surface area contributed by atoms with Crippen LogP contribution in [0.15, 0.2) is 24.3 Å². The summed E-state index contributed by atoms with van der Waals surface area (Å²) in [6.45, 7) is 3.93. The number of nitrogens with one attached hydrogen (secondary N) is 2. The normalized spacial score (nSPS) is 22.2. The van der Waals surface area contributed by atoms with Gasteiger partial charge in [-0.15, -0.1) is 0 Å². The monoisotopic (exact) mass is 264 g/mol. The molecular formula is C14H20N2O3. The molecule has 0 bridgehead atoms. The molecule has 2 rings (SSSR count). The highest BCUT2D eigenvalue weighted by Crippen LogP contribution is 2.18. The Morgan fingerprint density at radius 3 is 3.00 bits per heavy atom. The maximum absolute atomic E-state index is 12.1. The molecule has 1 fully saturated rings. The summed E-state index contributed by atoms with van der Waals surface area (Å²) in [4.78, 5) is 12.1. The first kappa shape index (κ1) is 13.8. The highest BCUT2D eigenvalue weighted by molar-refractivity contribution is 5.96. The van der Waals surface area contributed by atoms with Crippen LogP contribution in [-0.4, -0.2) is 42.9 Å². The van der Waals surface area contributed by atoms with Gasteiger partial charge in [0.15, 0.2) is 0 Å². The smallest absolute Gasteiger partial charge is 0.255 e. The average Bonchev–Trinajstić information content (AvgIpc) is 2.85. The molecule has 5 nitrogen and oxygen atoms in total. The van der Waals surface area contributed by atoms with Gasteiger partial charge in [-0.25, -0.2) is 0 Å². The molecule has 1 saturated heterocycles. The first-order chi connectivity index (χ1) is 9.14. The van der Waals surface area contributed by atoms with Crippen LogP contribution in [0.4, 0.5) is 0 Å². The minimum atomic E-state index is -0.837. The second-order valence-corrected chi connectivity index (χ2v) is 4.76. The Kier molecular flexibility index (Phi) is 4.39. The van der Waals surface area contributed by atoms with Gasteiger partial charge in [0, 0.05) is 13.1 Å². The molecule has 19 heavy (non-hydrogen) atoms. The van der Waals surface area contributed by atoms with Crippen LogP contribution in [0.25, 0.3) is 0 Å². The van der Waals surface area contributed by atoms with Crippen molar-refractivity contribution in [3.8, 4) is 5.75 Å². The molecule has 0 spiro atoms. The summed E-state index contributed by atoms with van der Waals surface area (Å²) in [7, 11) is 0. The third kappa shape index (κ3) is 3.45. The maximum Gasteiger partial charge on any atom is 0.255 e. The Hall–Kier alpha value is -1.59. The van der Waals surface area contributed by atoms with Crippen molar-refractivity contribution in [1.29, 1.82) is 0 Å². The van der Waals surface area contributed by atoms with E-state index >= 15 is 0 Å². The minimum absolute atomic E-state index is 0.218. The number of rotatable bonds is 5. The number of ether oxygens (including phenoxy) is 1. The summed E-state index contributed by atoms with van der Waals surface area (Å²) < 4.78 is 5.42. The Morgan fingerprint density at radius 2 is 2.32 bits per heavy atom. The van der Waals surface area contributed by atoms with Crippen molar-refractivity contribution < 1.29 is 14.6 Å². The van der Waals surface area contributed by atoms with Crippen molar-refractivity contribution in [2.75, 3.05) is 26.2 Å². The molecule has 0 radical (unpaired) electrons. The lowest BCUT2D eigenvalue weighted by molar-refractivity contribution is 0.0560. The Labute approximate surface area is 113 Å². The summed E-state index contributed by atoms with van der Waals surface area (Å²) >= 11 is 0. The van der Waals surface area contributed by atoms with Crippen LogP contribution >= 0.6 is 0 Å². The SMILES string of the molecule is CCOc1ccccc1C(=O)NCC1(O)CCNC1. The molecular weight excluding hydrogens is 244 g/mol. The lowest BCUT2D eigenvalue weighted by Gasteiger charge is -2.21. The number of carbonyl (C=O) groups excluding carboxylic acids is 1. The van der Waals surface area contributed by atoms with E-state index in [0.29, 0.717) is 30.9 Å². The van der Waals surface area contributed by atoms with Gasteiger partial charge < -0.3 is 20.5 Å². The third-order valence-electron chi connectivity index (χ3n) is 3.23. The third-order valence-corrected chi connectivity index (χ3v) is 3.23. The van der Waals surface area contributed by atoms with E-state index in [1.165, 1.54) is 0 Å². The van der Waals surface area contributed by atoms with Crippen LogP contribution in [0.1, 0.15) is 23.7 Å². The highest BCUT2D eigenvalue weighted by atomic mass is 16.5. The number of benzene rings is 1. The molecule has 1 atom stereocenters. The number of carbonyl (C=O) groups is 1. The van der Waals surface area contributed by atoms with Gasteiger partial charge in [0.05, 0.1) is 17.8 Å². The Balaban J connectivity index is 1.99. The minimum Gasteiger partial charge on any atom is -0.493 e. The highest BCUT2D eigenvalue weighted by Gasteiger charge is 2.31. The van der Waals surface area contributed by atoms with Crippen molar-refractivity contribution in [2.24, 2.45) is 0 Å². The van der Waals surface area contributed by atoms with E-state index in [1.54, 1.807) is 18.2 Å². The molecule has 0 aliphatic carbocycles. The second-order valence-electron chi connectivity index (χ2n) is 4.76. The van der Waals surface area contributed by atoms with E-state index < -0.39 is 5.60 Å². The summed E-state index contributed by atoms with van der Waals surface area (Å²) in [6.07, 6.45) is 0.653. The van der Waals surface area contributed by atoms with Crippen LogP contribution < -0.4 is 15.4 Å². The molecule has 1 aliphatic heterocycles. The van der Waals surface area contributed by atoms with Gasteiger partial charge >= 0.3 is 0 Å². The van der Waals surface area contributed by atoms with Crippen LogP contribution in [0.5, 0.6) is 5.75 Å². The van der Waals surface area contributed by atoms with Crippen molar-refractivity contribution in [3.05, 3.63) is 29.8 Å².